The number of hydrogen-bond acceptors (Lipinski definition) is 5. The molecular weight excluding hydrogens is 356 g/mol. The molecule has 128 valence electrons. The van der Waals surface area contributed by atoms with Gasteiger partial charge in [-0.1, -0.05) is 47.6 Å². The summed E-state index contributed by atoms with van der Waals surface area (Å²) in [7, 11) is 0. The molecule has 3 aromatic heterocycles. The fourth-order valence-electron chi connectivity index (χ4n) is 3.58. The van der Waals surface area contributed by atoms with Crippen LogP contribution >= 0.6 is 11.5 Å². The van der Waals surface area contributed by atoms with Crippen molar-refractivity contribution in [2.24, 2.45) is 0 Å². The number of nitrogens with zero attached hydrogens (tertiary/aromatic N) is 3. The second-order valence-electron chi connectivity index (χ2n) is 6.37. The molecule has 0 aliphatic heterocycles. The Bertz CT molecular complexity index is 1440. The molecular formula is C21H12N4OS. The van der Waals surface area contributed by atoms with Gasteiger partial charge in [-0.2, -0.15) is 9.47 Å². The van der Waals surface area contributed by atoms with Crippen LogP contribution in [0.2, 0.25) is 0 Å². The quantitative estimate of drug-likeness (QED) is 0.429. The van der Waals surface area contributed by atoms with Crippen molar-refractivity contribution >= 4 is 44.2 Å². The second kappa shape index (κ2) is 5.49. The summed E-state index contributed by atoms with van der Waals surface area (Å²) in [5.41, 5.74) is 4.69. The number of H-pyrrole nitrogens is 1. The van der Waals surface area contributed by atoms with Crippen LogP contribution in [-0.2, 0) is 0 Å². The van der Waals surface area contributed by atoms with Gasteiger partial charge in [0.25, 0.3) is 0 Å². The van der Waals surface area contributed by atoms with Crippen molar-refractivity contribution in [2.45, 2.75) is 0 Å². The van der Waals surface area contributed by atoms with Crippen LogP contribution in [0.25, 0.3) is 54.5 Å². The van der Waals surface area contributed by atoms with Crippen molar-refractivity contribution < 1.29 is 4.52 Å². The van der Waals surface area contributed by atoms with Crippen molar-refractivity contribution in [3.8, 4) is 21.8 Å². The summed E-state index contributed by atoms with van der Waals surface area (Å²) in [5, 5.41) is 14.9. The summed E-state index contributed by atoms with van der Waals surface area (Å²) < 4.78 is 10.4. The number of hydrogen-bond donors (Lipinski definition) is 1. The van der Waals surface area contributed by atoms with Gasteiger partial charge in [0.2, 0.25) is 0 Å². The average Bonchev–Trinajstić information content (AvgIpc) is 3.44. The molecule has 0 aliphatic rings. The first-order valence-electron chi connectivity index (χ1n) is 8.56. The number of aromatic nitrogens is 4. The highest BCUT2D eigenvalue weighted by Gasteiger charge is 2.19. The predicted octanol–water partition coefficient (Wildman–Crippen LogP) is 5.65. The molecule has 6 aromatic rings. The molecule has 0 radical (unpaired) electrons. The Morgan fingerprint density at radius 1 is 0.815 bits per heavy atom. The third kappa shape index (κ3) is 2.07. The van der Waals surface area contributed by atoms with Gasteiger partial charge >= 0.3 is 0 Å². The highest BCUT2D eigenvalue weighted by atomic mass is 32.1. The maximum Gasteiger partial charge on any atom is 0.176 e. The lowest BCUT2D eigenvalue weighted by atomic mass is 10.0. The van der Waals surface area contributed by atoms with Crippen LogP contribution < -0.4 is 0 Å². The lowest BCUT2D eigenvalue weighted by molar-refractivity contribution is 0.441. The first kappa shape index (κ1) is 14.6. The van der Waals surface area contributed by atoms with Crippen molar-refractivity contribution in [2.75, 3.05) is 0 Å². The smallest absolute Gasteiger partial charge is 0.176 e. The summed E-state index contributed by atoms with van der Waals surface area (Å²) in [6.45, 7) is 0. The summed E-state index contributed by atoms with van der Waals surface area (Å²) in [5.74, 6) is 0.735. The van der Waals surface area contributed by atoms with E-state index in [9.17, 15) is 0 Å². The number of benzene rings is 3. The molecule has 6 rings (SSSR count). The third-order valence-electron chi connectivity index (χ3n) is 4.85. The molecule has 0 bridgehead atoms. The Balaban J connectivity index is 1.63. The number of para-hydroxylation sites is 1. The minimum atomic E-state index is 0.735. The monoisotopic (exact) mass is 368 g/mol. The van der Waals surface area contributed by atoms with Gasteiger partial charge in [0.05, 0.1) is 15.8 Å². The van der Waals surface area contributed by atoms with Gasteiger partial charge in [0.15, 0.2) is 5.76 Å². The highest BCUT2D eigenvalue weighted by molar-refractivity contribution is 7.11. The Hall–Kier alpha value is -3.51. The van der Waals surface area contributed by atoms with Gasteiger partial charge in [0, 0.05) is 28.1 Å². The highest BCUT2D eigenvalue weighted by Crippen LogP contribution is 2.40. The fourth-order valence-corrected chi connectivity index (χ4v) is 4.46. The summed E-state index contributed by atoms with van der Waals surface area (Å²) in [6.07, 6.45) is 1.88. The molecule has 3 aromatic carbocycles. The van der Waals surface area contributed by atoms with Gasteiger partial charge in [-0.25, -0.2) is 0 Å². The topological polar surface area (TPSA) is 67.6 Å². The molecule has 3 heterocycles. The molecule has 0 atom stereocenters. The minimum Gasteiger partial charge on any atom is -0.355 e. The first-order valence-corrected chi connectivity index (χ1v) is 9.33. The molecule has 0 aliphatic carbocycles. The van der Waals surface area contributed by atoms with E-state index in [-0.39, 0.29) is 0 Å². The van der Waals surface area contributed by atoms with E-state index >= 15 is 0 Å². The van der Waals surface area contributed by atoms with Crippen molar-refractivity contribution in [3.63, 3.8) is 0 Å². The van der Waals surface area contributed by atoms with Crippen LogP contribution in [0, 0.1) is 0 Å². The molecule has 0 unspecified atom stereocenters. The largest absolute Gasteiger partial charge is 0.355 e. The van der Waals surface area contributed by atoms with Gasteiger partial charge < -0.3 is 4.52 Å². The number of nitrogens with one attached hydrogen (secondary N) is 1. The Labute approximate surface area is 157 Å². The fraction of sp³-hybridized carbons (Fsp3) is 0. The molecule has 0 fully saturated rings. The average molecular weight is 368 g/mol. The molecule has 5 nitrogen and oxygen atoms in total. The van der Waals surface area contributed by atoms with E-state index in [0.29, 0.717) is 0 Å². The molecule has 0 saturated heterocycles. The second-order valence-corrected chi connectivity index (χ2v) is 7.14. The number of rotatable bonds is 2. The van der Waals surface area contributed by atoms with Gasteiger partial charge in [-0.05, 0) is 29.7 Å². The van der Waals surface area contributed by atoms with Crippen LogP contribution in [0.5, 0.6) is 0 Å². The Kier molecular flexibility index (Phi) is 2.98. The van der Waals surface area contributed by atoms with Crippen LogP contribution in [0.3, 0.4) is 0 Å². The normalized spacial score (nSPS) is 11.7. The molecule has 1 N–H and O–H groups in total. The zero-order chi connectivity index (χ0) is 17.8. The minimum absolute atomic E-state index is 0.735. The van der Waals surface area contributed by atoms with E-state index in [1.165, 1.54) is 11.5 Å². The van der Waals surface area contributed by atoms with E-state index in [0.717, 1.165) is 54.5 Å². The first-order chi connectivity index (χ1) is 13.4. The summed E-state index contributed by atoms with van der Waals surface area (Å²) >= 11 is 1.49. The van der Waals surface area contributed by atoms with Crippen LogP contribution in [0.1, 0.15) is 0 Å². The SMILES string of the molecule is c1cc(-c2onc3c(-c4snc5ccccc45)cccc23)c2n[nH]cc2c1. The third-order valence-corrected chi connectivity index (χ3v) is 5.76. The Morgan fingerprint density at radius 2 is 1.67 bits per heavy atom. The molecule has 0 amide bonds. The van der Waals surface area contributed by atoms with Crippen LogP contribution in [0.15, 0.2) is 71.4 Å². The van der Waals surface area contributed by atoms with Crippen molar-refractivity contribution in [1.29, 1.82) is 0 Å². The maximum absolute atomic E-state index is 5.81. The Morgan fingerprint density at radius 3 is 2.67 bits per heavy atom. The van der Waals surface area contributed by atoms with Crippen LogP contribution in [0.4, 0.5) is 0 Å². The van der Waals surface area contributed by atoms with Crippen molar-refractivity contribution in [3.05, 3.63) is 66.9 Å². The number of fused-ring (bicyclic) bond motifs is 3. The summed E-state index contributed by atoms with van der Waals surface area (Å²) in [6, 6.07) is 20.4. The zero-order valence-electron chi connectivity index (χ0n) is 14.0. The van der Waals surface area contributed by atoms with Gasteiger partial charge in [-0.3, -0.25) is 5.10 Å². The molecule has 6 heteroatoms. The zero-order valence-corrected chi connectivity index (χ0v) is 14.8. The van der Waals surface area contributed by atoms with E-state index < -0.39 is 0 Å². The number of aromatic amines is 1. The van der Waals surface area contributed by atoms with Crippen molar-refractivity contribution in [1.82, 2.24) is 19.7 Å². The van der Waals surface area contributed by atoms with E-state index in [4.69, 9.17) is 4.52 Å². The van der Waals surface area contributed by atoms with Gasteiger partial charge in [-0.15, -0.1) is 0 Å². The predicted molar refractivity (Wildman–Crippen MR) is 108 cm³/mol. The van der Waals surface area contributed by atoms with E-state index in [2.05, 4.69) is 31.9 Å². The molecule has 27 heavy (non-hydrogen) atoms. The standard InChI is InChI=1S/C21H12N4OS/c1-2-10-17-13(6-1)21(27-25-17)16-9-4-8-15-19(16)24-26-20(15)14-7-3-5-12-11-22-23-18(12)14/h1-11H,(H,22,23). The van der Waals surface area contributed by atoms with Crippen LogP contribution in [-0.4, -0.2) is 19.7 Å². The molecule has 0 saturated carbocycles. The lowest BCUT2D eigenvalue weighted by Crippen LogP contribution is -1.80. The molecule has 0 spiro atoms. The van der Waals surface area contributed by atoms with E-state index in [1.54, 1.807) is 0 Å². The summed E-state index contributed by atoms with van der Waals surface area (Å²) in [4.78, 5) is 1.11. The lowest BCUT2D eigenvalue weighted by Gasteiger charge is -2.01. The van der Waals surface area contributed by atoms with Gasteiger partial charge in [0.1, 0.15) is 11.0 Å². The maximum atomic E-state index is 5.81. The van der Waals surface area contributed by atoms with E-state index in [1.807, 2.05) is 54.7 Å².